The Kier molecular flexibility index (Phi) is 5.32. The van der Waals surface area contributed by atoms with E-state index < -0.39 is 11.6 Å². The highest BCUT2D eigenvalue weighted by Gasteiger charge is 2.13. The Hall–Kier alpha value is -2.73. The van der Waals surface area contributed by atoms with Crippen molar-refractivity contribution in [2.75, 3.05) is 0 Å². The van der Waals surface area contributed by atoms with Crippen molar-refractivity contribution in [2.45, 2.75) is 19.8 Å². The van der Waals surface area contributed by atoms with Crippen LogP contribution in [0.3, 0.4) is 0 Å². The lowest BCUT2D eigenvalue weighted by atomic mass is 10.0. The number of thiazole rings is 1. The van der Waals surface area contributed by atoms with Crippen LogP contribution in [0.15, 0.2) is 47.8 Å². The van der Waals surface area contributed by atoms with Crippen molar-refractivity contribution in [3.8, 4) is 11.3 Å². The lowest BCUT2D eigenvalue weighted by Gasteiger charge is -2.02. The predicted molar refractivity (Wildman–Crippen MR) is 96.3 cm³/mol. The van der Waals surface area contributed by atoms with Gasteiger partial charge >= 0.3 is 0 Å². The summed E-state index contributed by atoms with van der Waals surface area (Å²) in [4.78, 5) is 27.8. The molecule has 26 heavy (non-hydrogen) atoms. The minimum Gasteiger partial charge on any atom is -0.300 e. The normalized spacial score (nSPS) is 10.7. The monoisotopic (exact) mass is 371 g/mol. The summed E-state index contributed by atoms with van der Waals surface area (Å²) >= 11 is 1.30. The Balaban J connectivity index is 1.71. The van der Waals surface area contributed by atoms with Crippen LogP contribution in [0.2, 0.25) is 0 Å². The summed E-state index contributed by atoms with van der Waals surface area (Å²) in [5, 5.41) is 2.31. The van der Waals surface area contributed by atoms with E-state index in [1.54, 1.807) is 29.6 Å². The van der Waals surface area contributed by atoms with E-state index in [2.05, 4.69) is 4.98 Å². The van der Waals surface area contributed by atoms with Crippen molar-refractivity contribution in [3.63, 3.8) is 0 Å². The second kappa shape index (κ2) is 7.66. The lowest BCUT2D eigenvalue weighted by Crippen LogP contribution is -2.04. The van der Waals surface area contributed by atoms with E-state index in [0.717, 1.165) is 17.7 Å². The Morgan fingerprint density at radius 2 is 1.73 bits per heavy atom. The summed E-state index contributed by atoms with van der Waals surface area (Å²) in [6.45, 7) is 1.52. The molecule has 3 nitrogen and oxygen atoms in total. The molecule has 0 bridgehead atoms. The number of hydrogen-bond acceptors (Lipinski definition) is 4. The highest BCUT2D eigenvalue weighted by Crippen LogP contribution is 2.24. The van der Waals surface area contributed by atoms with Crippen LogP contribution in [-0.2, 0) is 17.6 Å². The number of Topliss-reactive ketones (excluding diaryl/α,β-unsaturated/α-hetero) is 2. The van der Waals surface area contributed by atoms with Crippen molar-refractivity contribution in [3.05, 3.63) is 75.6 Å². The molecule has 3 aromatic rings. The molecule has 0 saturated heterocycles. The molecule has 1 aromatic heterocycles. The van der Waals surface area contributed by atoms with E-state index in [0.29, 0.717) is 28.2 Å². The first-order chi connectivity index (χ1) is 12.4. The maximum Gasteiger partial charge on any atom is 0.169 e. The number of hydrogen-bond donors (Lipinski definition) is 0. The number of aromatic nitrogens is 1. The maximum absolute atomic E-state index is 13.3. The topological polar surface area (TPSA) is 47.0 Å². The van der Waals surface area contributed by atoms with Gasteiger partial charge in [-0.2, -0.15) is 0 Å². The van der Waals surface area contributed by atoms with Gasteiger partial charge in [0, 0.05) is 22.9 Å². The summed E-state index contributed by atoms with van der Waals surface area (Å²) in [5.74, 6) is -1.87. The molecule has 2 aromatic carbocycles. The van der Waals surface area contributed by atoms with Crippen molar-refractivity contribution in [2.24, 2.45) is 0 Å². The summed E-state index contributed by atoms with van der Waals surface area (Å²) in [6, 6.07) is 10.5. The number of rotatable bonds is 6. The number of carbonyl (C=O) groups excluding carboxylic acids is 2. The van der Waals surface area contributed by atoms with Gasteiger partial charge < -0.3 is 0 Å². The predicted octanol–water partition coefficient (Wildman–Crippen LogP) is 4.65. The molecule has 0 aliphatic heterocycles. The number of ketones is 2. The van der Waals surface area contributed by atoms with Crippen LogP contribution in [0.5, 0.6) is 0 Å². The summed E-state index contributed by atoms with van der Waals surface area (Å²) in [7, 11) is 0. The summed E-state index contributed by atoms with van der Waals surface area (Å²) in [6.07, 6.45) is 0.471. The van der Waals surface area contributed by atoms with E-state index in [4.69, 9.17) is 0 Å². The molecule has 0 aliphatic rings. The molecule has 0 spiro atoms. The minimum absolute atomic E-state index is 0.0663. The molecular weight excluding hydrogens is 356 g/mol. The summed E-state index contributed by atoms with van der Waals surface area (Å²) in [5.41, 5.74) is 2.38. The maximum atomic E-state index is 13.3. The van der Waals surface area contributed by atoms with Gasteiger partial charge in [0.15, 0.2) is 17.4 Å². The average molecular weight is 371 g/mol. The molecule has 0 unspecified atom stereocenters. The molecule has 0 aliphatic carbocycles. The fourth-order valence-electron chi connectivity index (χ4n) is 2.52. The molecule has 6 heteroatoms. The van der Waals surface area contributed by atoms with Gasteiger partial charge in [-0.15, -0.1) is 11.3 Å². The summed E-state index contributed by atoms with van der Waals surface area (Å²) < 4.78 is 26.4. The van der Waals surface area contributed by atoms with Gasteiger partial charge in [-0.1, -0.05) is 24.3 Å². The third-order valence-corrected chi connectivity index (χ3v) is 4.66. The second-order valence-corrected chi connectivity index (χ2v) is 6.87. The number of halogens is 2. The van der Waals surface area contributed by atoms with Crippen LogP contribution >= 0.6 is 11.3 Å². The number of carbonyl (C=O) groups is 2. The quantitative estimate of drug-likeness (QED) is 0.593. The van der Waals surface area contributed by atoms with Gasteiger partial charge in [0.25, 0.3) is 0 Å². The highest BCUT2D eigenvalue weighted by molar-refractivity contribution is 7.10. The second-order valence-electron chi connectivity index (χ2n) is 5.93. The molecule has 0 atom stereocenters. The zero-order chi connectivity index (χ0) is 18.7. The fourth-order valence-corrected chi connectivity index (χ4v) is 3.32. The van der Waals surface area contributed by atoms with E-state index in [1.807, 2.05) is 0 Å². The van der Waals surface area contributed by atoms with Gasteiger partial charge in [0.05, 0.1) is 12.1 Å². The Morgan fingerprint density at radius 3 is 2.38 bits per heavy atom. The van der Waals surface area contributed by atoms with Gasteiger partial charge in [0.2, 0.25) is 0 Å². The first-order valence-corrected chi connectivity index (χ1v) is 8.82. The molecular formula is C20H15F2NO2S. The van der Waals surface area contributed by atoms with Crippen LogP contribution in [0.25, 0.3) is 11.3 Å². The molecule has 0 amide bonds. The molecule has 0 saturated carbocycles. The van der Waals surface area contributed by atoms with Crippen LogP contribution < -0.4 is 0 Å². The Labute approximate surface area is 153 Å². The largest absolute Gasteiger partial charge is 0.300 e. The Bertz CT molecular complexity index is 964. The van der Waals surface area contributed by atoms with E-state index in [-0.39, 0.29) is 18.0 Å². The van der Waals surface area contributed by atoms with Crippen LogP contribution in [0, 0.1) is 11.6 Å². The van der Waals surface area contributed by atoms with Crippen molar-refractivity contribution < 1.29 is 18.4 Å². The van der Waals surface area contributed by atoms with E-state index in [9.17, 15) is 18.4 Å². The smallest absolute Gasteiger partial charge is 0.169 e. The van der Waals surface area contributed by atoms with Gasteiger partial charge in [0.1, 0.15) is 10.8 Å². The number of benzene rings is 2. The number of nitrogens with zero attached hydrogens (tertiary/aromatic N) is 1. The van der Waals surface area contributed by atoms with Crippen molar-refractivity contribution in [1.82, 2.24) is 4.98 Å². The molecule has 3 rings (SSSR count). The first kappa shape index (κ1) is 18.1. The third kappa shape index (κ3) is 4.26. The minimum atomic E-state index is -0.932. The highest BCUT2D eigenvalue weighted by atomic mass is 32.1. The Morgan fingerprint density at radius 1 is 1.00 bits per heavy atom. The van der Waals surface area contributed by atoms with Crippen molar-refractivity contribution in [1.29, 1.82) is 0 Å². The molecule has 0 radical (unpaired) electrons. The molecule has 0 fully saturated rings. The SMILES string of the molecule is CC(=O)Cc1ccc(C(=O)Cc2nc(-c3ccc(F)c(F)c3)cs2)cc1. The standard InChI is InChI=1S/C20H15F2NO2S/c1-12(24)8-13-2-4-14(5-3-13)19(25)10-20-23-18(11-26-20)15-6-7-16(21)17(22)9-15/h2-7,9,11H,8,10H2,1H3. The van der Waals surface area contributed by atoms with E-state index in [1.165, 1.54) is 24.3 Å². The molecule has 132 valence electrons. The van der Waals surface area contributed by atoms with E-state index >= 15 is 0 Å². The molecule has 0 N–H and O–H groups in total. The van der Waals surface area contributed by atoms with Crippen LogP contribution in [0.1, 0.15) is 27.9 Å². The average Bonchev–Trinajstić information content (AvgIpc) is 3.06. The fraction of sp³-hybridized carbons (Fsp3) is 0.150. The van der Waals surface area contributed by atoms with Gasteiger partial charge in [-0.05, 0) is 30.7 Å². The van der Waals surface area contributed by atoms with Crippen molar-refractivity contribution >= 4 is 22.9 Å². The van der Waals surface area contributed by atoms with Crippen LogP contribution in [-0.4, -0.2) is 16.6 Å². The molecule has 1 heterocycles. The van der Waals surface area contributed by atoms with Gasteiger partial charge in [-0.25, -0.2) is 13.8 Å². The zero-order valence-electron chi connectivity index (χ0n) is 14.0. The van der Waals surface area contributed by atoms with Crippen LogP contribution in [0.4, 0.5) is 8.78 Å². The zero-order valence-corrected chi connectivity index (χ0v) is 14.8. The van der Waals surface area contributed by atoms with Gasteiger partial charge in [-0.3, -0.25) is 9.59 Å². The first-order valence-electron chi connectivity index (χ1n) is 7.94. The third-order valence-electron chi connectivity index (χ3n) is 3.81. The lowest BCUT2D eigenvalue weighted by molar-refractivity contribution is -0.116.